The number of hydrogen-bond donors (Lipinski definition) is 1. The molecule has 0 aliphatic carbocycles. The van der Waals surface area contributed by atoms with Crippen LogP contribution in [0.2, 0.25) is 5.02 Å². The first-order chi connectivity index (χ1) is 14.0. The van der Waals surface area contributed by atoms with Gasteiger partial charge in [-0.15, -0.1) is 0 Å². The molecule has 1 aromatic carbocycles. The van der Waals surface area contributed by atoms with Gasteiger partial charge < -0.3 is 14.7 Å². The molecule has 0 bridgehead atoms. The predicted molar refractivity (Wildman–Crippen MR) is 111 cm³/mol. The van der Waals surface area contributed by atoms with Crippen molar-refractivity contribution in [2.75, 3.05) is 13.7 Å². The van der Waals surface area contributed by atoms with Crippen LogP contribution in [0.3, 0.4) is 0 Å². The highest BCUT2D eigenvalue weighted by Crippen LogP contribution is 2.40. The number of ether oxygens (including phenoxy) is 1. The normalized spacial score (nSPS) is 18.3. The van der Waals surface area contributed by atoms with Crippen molar-refractivity contribution < 1.29 is 19.4 Å². The second-order valence-corrected chi connectivity index (χ2v) is 7.24. The lowest BCUT2D eigenvalue weighted by Gasteiger charge is -2.25. The van der Waals surface area contributed by atoms with Crippen molar-refractivity contribution in [1.29, 1.82) is 0 Å². The molecule has 152 valence electrons. The zero-order valence-corrected chi connectivity index (χ0v) is 17.1. The summed E-state index contributed by atoms with van der Waals surface area (Å²) >= 11 is 6.18. The van der Waals surface area contributed by atoms with Crippen molar-refractivity contribution in [3.05, 3.63) is 64.4 Å². The number of rotatable bonds is 7. The van der Waals surface area contributed by atoms with Crippen LogP contribution in [0.5, 0.6) is 5.75 Å². The second-order valence-electron chi connectivity index (χ2n) is 6.83. The van der Waals surface area contributed by atoms with E-state index < -0.39 is 17.7 Å². The number of aliphatic hydroxyl groups is 1. The molecule has 2 heterocycles. The molecular formula is C22H23ClN2O4. The zero-order chi connectivity index (χ0) is 21.0. The minimum atomic E-state index is -0.701. The van der Waals surface area contributed by atoms with E-state index in [4.69, 9.17) is 16.3 Å². The molecule has 2 aromatic rings. The number of methoxy groups -OCH3 is 1. The average molecular weight is 415 g/mol. The minimum Gasteiger partial charge on any atom is -0.507 e. The van der Waals surface area contributed by atoms with Crippen LogP contribution in [0.25, 0.3) is 5.76 Å². The summed E-state index contributed by atoms with van der Waals surface area (Å²) in [5, 5.41) is 11.3. The molecular weight excluding hydrogens is 392 g/mol. The summed E-state index contributed by atoms with van der Waals surface area (Å²) in [7, 11) is 1.49. The number of carbonyl (C=O) groups excluding carboxylic acids is 2. The summed E-state index contributed by atoms with van der Waals surface area (Å²) in [5.41, 5.74) is 1.12. The van der Waals surface area contributed by atoms with Gasteiger partial charge in [0.1, 0.15) is 11.5 Å². The highest BCUT2D eigenvalue weighted by molar-refractivity contribution is 6.46. The Morgan fingerprint density at radius 3 is 2.55 bits per heavy atom. The summed E-state index contributed by atoms with van der Waals surface area (Å²) in [6.45, 7) is 2.51. The molecule has 1 fully saturated rings. The third kappa shape index (κ3) is 4.12. The minimum absolute atomic E-state index is 0.0546. The maximum Gasteiger partial charge on any atom is 0.295 e. The molecule has 1 amide bonds. The third-order valence-electron chi connectivity index (χ3n) is 4.99. The highest BCUT2D eigenvalue weighted by Gasteiger charge is 2.45. The van der Waals surface area contributed by atoms with E-state index in [-0.39, 0.29) is 11.3 Å². The molecule has 1 N–H and O–H groups in total. The molecule has 7 heteroatoms. The van der Waals surface area contributed by atoms with E-state index in [2.05, 4.69) is 11.9 Å². The van der Waals surface area contributed by atoms with E-state index in [1.54, 1.807) is 36.7 Å². The summed E-state index contributed by atoms with van der Waals surface area (Å²) in [6.07, 6.45) is 5.92. The molecule has 29 heavy (non-hydrogen) atoms. The number of halogens is 1. The van der Waals surface area contributed by atoms with Gasteiger partial charge in [-0.25, -0.2) is 0 Å². The van der Waals surface area contributed by atoms with Crippen LogP contribution < -0.4 is 4.74 Å². The smallest absolute Gasteiger partial charge is 0.295 e. The van der Waals surface area contributed by atoms with Crippen molar-refractivity contribution in [2.24, 2.45) is 0 Å². The lowest BCUT2D eigenvalue weighted by atomic mass is 9.96. The maximum atomic E-state index is 12.9. The van der Waals surface area contributed by atoms with Gasteiger partial charge in [-0.05, 0) is 42.3 Å². The van der Waals surface area contributed by atoms with E-state index in [1.807, 2.05) is 0 Å². The van der Waals surface area contributed by atoms with E-state index >= 15 is 0 Å². The molecule has 1 unspecified atom stereocenters. The van der Waals surface area contributed by atoms with Crippen molar-refractivity contribution >= 4 is 29.1 Å². The van der Waals surface area contributed by atoms with E-state index in [0.717, 1.165) is 24.8 Å². The SMILES string of the molecule is CCCCCN1C(=O)C(=O)/C(=C(\O)c2ccc(OC)c(Cl)c2)C1c1ccncc1. The van der Waals surface area contributed by atoms with Crippen LogP contribution >= 0.6 is 11.6 Å². The number of benzene rings is 1. The lowest BCUT2D eigenvalue weighted by molar-refractivity contribution is -0.139. The largest absolute Gasteiger partial charge is 0.507 e. The Morgan fingerprint density at radius 1 is 1.21 bits per heavy atom. The monoisotopic (exact) mass is 414 g/mol. The van der Waals surface area contributed by atoms with Gasteiger partial charge in [-0.3, -0.25) is 14.6 Å². The Balaban J connectivity index is 2.11. The summed E-state index contributed by atoms with van der Waals surface area (Å²) < 4.78 is 5.14. The molecule has 1 aromatic heterocycles. The van der Waals surface area contributed by atoms with Crippen LogP contribution in [0.4, 0.5) is 0 Å². The Hall–Kier alpha value is -2.86. The zero-order valence-electron chi connectivity index (χ0n) is 16.4. The summed E-state index contributed by atoms with van der Waals surface area (Å²) in [5.74, 6) is -1.11. The number of ketones is 1. The van der Waals surface area contributed by atoms with E-state index in [0.29, 0.717) is 22.9 Å². The number of hydrogen-bond acceptors (Lipinski definition) is 5. The molecule has 1 saturated heterocycles. The molecule has 3 rings (SSSR count). The quantitative estimate of drug-likeness (QED) is 0.315. The number of amides is 1. The van der Waals surface area contributed by atoms with Gasteiger partial charge in [0.15, 0.2) is 0 Å². The van der Waals surface area contributed by atoms with E-state index in [1.165, 1.54) is 18.1 Å². The van der Waals surface area contributed by atoms with Crippen LogP contribution in [0.1, 0.15) is 43.4 Å². The number of likely N-dealkylation sites (tertiary alicyclic amines) is 1. The number of unbranched alkanes of at least 4 members (excludes halogenated alkanes) is 2. The van der Waals surface area contributed by atoms with Gasteiger partial charge in [0, 0.05) is 24.5 Å². The topological polar surface area (TPSA) is 79.7 Å². The number of pyridine rings is 1. The Morgan fingerprint density at radius 2 is 1.93 bits per heavy atom. The Kier molecular flexibility index (Phi) is 6.54. The first kappa shape index (κ1) is 20.9. The van der Waals surface area contributed by atoms with Crippen molar-refractivity contribution in [2.45, 2.75) is 32.2 Å². The van der Waals surface area contributed by atoms with Crippen molar-refractivity contribution in [3.8, 4) is 5.75 Å². The van der Waals surface area contributed by atoms with Crippen LogP contribution in [0.15, 0.2) is 48.3 Å². The Labute approximate surface area is 174 Å². The van der Waals surface area contributed by atoms with Crippen LogP contribution in [0, 0.1) is 0 Å². The molecule has 1 atom stereocenters. The van der Waals surface area contributed by atoms with Gasteiger partial charge in [0.25, 0.3) is 11.7 Å². The molecule has 6 nitrogen and oxygen atoms in total. The van der Waals surface area contributed by atoms with Crippen molar-refractivity contribution in [1.82, 2.24) is 9.88 Å². The van der Waals surface area contributed by atoms with Crippen molar-refractivity contribution in [3.63, 3.8) is 0 Å². The molecule has 1 aliphatic rings. The van der Waals surface area contributed by atoms with Gasteiger partial charge >= 0.3 is 0 Å². The van der Waals surface area contributed by atoms with Gasteiger partial charge in [-0.2, -0.15) is 0 Å². The summed E-state index contributed by atoms with van der Waals surface area (Å²) in [4.78, 5) is 31.2. The number of nitrogens with zero attached hydrogens (tertiary/aromatic N) is 2. The number of aliphatic hydroxyl groups excluding tert-OH is 1. The number of aromatic nitrogens is 1. The highest BCUT2D eigenvalue weighted by atomic mass is 35.5. The first-order valence-electron chi connectivity index (χ1n) is 9.51. The lowest BCUT2D eigenvalue weighted by Crippen LogP contribution is -2.30. The fourth-order valence-corrected chi connectivity index (χ4v) is 3.76. The Bertz CT molecular complexity index is 943. The van der Waals surface area contributed by atoms with Gasteiger partial charge in [-0.1, -0.05) is 31.4 Å². The maximum absolute atomic E-state index is 12.9. The van der Waals surface area contributed by atoms with Gasteiger partial charge in [0.2, 0.25) is 0 Å². The van der Waals surface area contributed by atoms with E-state index in [9.17, 15) is 14.7 Å². The summed E-state index contributed by atoms with van der Waals surface area (Å²) in [6, 6.07) is 7.56. The third-order valence-corrected chi connectivity index (χ3v) is 5.28. The standard InChI is InChI=1S/C22H23ClN2O4/c1-3-4-5-12-25-19(14-8-10-24-11-9-14)18(21(27)22(25)28)20(26)15-6-7-17(29-2)16(23)13-15/h6-11,13,19,26H,3-5,12H2,1-2H3/b20-18-. The fourth-order valence-electron chi connectivity index (χ4n) is 3.50. The first-order valence-corrected chi connectivity index (χ1v) is 9.89. The number of Topliss-reactive ketones (excluding diaryl/α,β-unsaturated/α-hetero) is 1. The molecule has 0 saturated carbocycles. The van der Waals surface area contributed by atoms with Crippen LogP contribution in [-0.4, -0.2) is 40.3 Å². The second kappa shape index (κ2) is 9.09. The predicted octanol–water partition coefficient (Wildman–Crippen LogP) is 4.36. The van der Waals surface area contributed by atoms with Crippen LogP contribution in [-0.2, 0) is 9.59 Å². The average Bonchev–Trinajstić information content (AvgIpc) is 2.99. The molecule has 0 spiro atoms. The fraction of sp³-hybridized carbons (Fsp3) is 0.318. The molecule has 0 radical (unpaired) electrons. The van der Waals surface area contributed by atoms with Gasteiger partial charge in [0.05, 0.1) is 23.7 Å². The number of carbonyl (C=O) groups is 2. The molecule has 1 aliphatic heterocycles.